The number of fused-ring (bicyclic) bond motifs is 1. The molecule has 2 saturated heterocycles. The molecule has 1 amide bonds. The highest BCUT2D eigenvalue weighted by Crippen LogP contribution is 2.21. The van der Waals surface area contributed by atoms with Crippen molar-refractivity contribution in [3.8, 4) is 0 Å². The summed E-state index contributed by atoms with van der Waals surface area (Å²) in [5.74, 6) is 0.777. The summed E-state index contributed by atoms with van der Waals surface area (Å²) in [6.07, 6.45) is 12.4. The van der Waals surface area contributed by atoms with E-state index in [9.17, 15) is 9.59 Å². The largest absolute Gasteiger partial charge is 0.444 e. The minimum Gasteiger partial charge on any atom is -0.444 e. The van der Waals surface area contributed by atoms with E-state index in [1.165, 1.54) is 25.2 Å². The number of anilines is 4. The van der Waals surface area contributed by atoms with Crippen LogP contribution in [0.25, 0.3) is 11.2 Å². The van der Waals surface area contributed by atoms with Gasteiger partial charge in [0.25, 0.3) is 0 Å². The van der Waals surface area contributed by atoms with Gasteiger partial charge in [0.05, 0.1) is 30.0 Å². The minimum atomic E-state index is -0.456. The molecule has 250 valence electrons. The van der Waals surface area contributed by atoms with Crippen molar-refractivity contribution in [3.63, 3.8) is 0 Å². The molecule has 0 radical (unpaired) electrons. The third kappa shape index (κ3) is 10.1. The van der Waals surface area contributed by atoms with Gasteiger partial charge in [-0.3, -0.25) is 9.55 Å². The number of nitrogens with zero attached hydrogens (tertiary/aromatic N) is 8. The Morgan fingerprint density at radius 2 is 1.52 bits per heavy atom. The number of nitrogen functional groups attached to an aromatic ring is 3. The average Bonchev–Trinajstić information content (AvgIpc) is 3.36. The van der Waals surface area contributed by atoms with E-state index in [1.54, 1.807) is 21.9 Å². The smallest absolute Gasteiger partial charge is 0.410 e. The van der Waals surface area contributed by atoms with E-state index in [1.807, 2.05) is 20.8 Å². The van der Waals surface area contributed by atoms with Crippen molar-refractivity contribution in [3.05, 3.63) is 48.1 Å². The molecule has 18 heteroatoms. The van der Waals surface area contributed by atoms with Gasteiger partial charge in [-0.05, 0) is 59.5 Å². The van der Waals surface area contributed by atoms with Gasteiger partial charge >= 0.3 is 11.8 Å². The van der Waals surface area contributed by atoms with Crippen LogP contribution in [-0.2, 0) is 4.74 Å². The van der Waals surface area contributed by atoms with Crippen LogP contribution in [0.15, 0.2) is 42.4 Å². The monoisotopic (exact) mass is 658 g/mol. The summed E-state index contributed by atoms with van der Waals surface area (Å²) in [6, 6.07) is 0.519. The lowest BCUT2D eigenvalue weighted by atomic mass is 10.1. The number of H-pyrrole nitrogens is 1. The second kappa shape index (κ2) is 16.5. The molecule has 46 heavy (non-hydrogen) atoms. The molecule has 0 atom stereocenters. The van der Waals surface area contributed by atoms with Crippen LogP contribution in [0.2, 0.25) is 0 Å². The van der Waals surface area contributed by atoms with Gasteiger partial charge < -0.3 is 37.5 Å². The minimum absolute atomic E-state index is 0. The first kappa shape index (κ1) is 35.7. The Hall–Kier alpha value is -4.77. The second-order valence-corrected chi connectivity index (χ2v) is 11.6. The molecule has 17 nitrogen and oxygen atoms in total. The topological polar surface area (TPSA) is 247 Å². The zero-order valence-electron chi connectivity index (χ0n) is 26.2. The Bertz CT molecular complexity index is 1570. The number of piperidine rings is 2. The molecule has 6 heterocycles. The van der Waals surface area contributed by atoms with Crippen LogP contribution in [0, 0.1) is 0 Å². The van der Waals surface area contributed by atoms with E-state index < -0.39 is 5.60 Å². The fraction of sp³-hybridized carbons (Fsp3) is 0.500. The number of likely N-dealkylation sites (tertiary alicyclic amines) is 1. The van der Waals surface area contributed by atoms with Gasteiger partial charge in [0, 0.05) is 25.2 Å². The Morgan fingerprint density at radius 1 is 0.913 bits per heavy atom. The molecule has 0 unspecified atom stereocenters. The molecule has 4 aromatic heterocycles. The van der Waals surface area contributed by atoms with Gasteiger partial charge in [-0.1, -0.05) is 0 Å². The highest BCUT2D eigenvalue weighted by molar-refractivity contribution is 5.85. The van der Waals surface area contributed by atoms with E-state index in [0.717, 1.165) is 50.0 Å². The number of hydrogen-bond acceptors (Lipinski definition) is 14. The fourth-order valence-electron chi connectivity index (χ4n) is 4.85. The molecule has 4 aromatic rings. The number of carbonyl (C=O) groups excluding carboxylic acids is 1. The van der Waals surface area contributed by atoms with E-state index >= 15 is 0 Å². The van der Waals surface area contributed by atoms with E-state index in [0.29, 0.717) is 36.1 Å². The van der Waals surface area contributed by atoms with Gasteiger partial charge in [-0.15, -0.1) is 12.4 Å². The summed E-state index contributed by atoms with van der Waals surface area (Å²) >= 11 is 0. The number of carbonyl (C=O) groups is 1. The molecule has 0 aromatic carbocycles. The van der Waals surface area contributed by atoms with Crippen LogP contribution < -0.4 is 33.5 Å². The maximum Gasteiger partial charge on any atom is 0.410 e. The van der Waals surface area contributed by atoms with Crippen molar-refractivity contribution in [1.29, 1.82) is 0 Å². The molecule has 0 saturated carbocycles. The van der Waals surface area contributed by atoms with Crippen LogP contribution >= 0.6 is 12.4 Å². The molecule has 0 bridgehead atoms. The maximum absolute atomic E-state index is 12.0. The third-order valence-corrected chi connectivity index (χ3v) is 7.09. The quantitative estimate of drug-likeness (QED) is 0.184. The molecule has 0 aliphatic carbocycles. The third-order valence-electron chi connectivity index (χ3n) is 7.09. The Morgan fingerprint density at radius 3 is 2.11 bits per heavy atom. The summed E-state index contributed by atoms with van der Waals surface area (Å²) < 4.78 is 7.16. The number of halogens is 1. The number of amides is 1. The number of imidazole rings is 1. The molecule has 0 spiro atoms. The summed E-state index contributed by atoms with van der Waals surface area (Å²) in [7, 11) is 0. The molecule has 9 N–H and O–H groups in total. The van der Waals surface area contributed by atoms with Crippen LogP contribution in [0.3, 0.4) is 0 Å². The number of ether oxygens (including phenoxy) is 1. The van der Waals surface area contributed by atoms with Gasteiger partial charge in [-0.2, -0.15) is 0 Å². The van der Waals surface area contributed by atoms with Crippen molar-refractivity contribution >= 4 is 52.7 Å². The van der Waals surface area contributed by atoms with Gasteiger partial charge in [-0.25, -0.2) is 39.5 Å². The summed E-state index contributed by atoms with van der Waals surface area (Å²) in [5, 5.41) is 6.62. The zero-order valence-corrected chi connectivity index (χ0v) is 27.0. The van der Waals surface area contributed by atoms with Crippen molar-refractivity contribution in [2.45, 2.75) is 64.1 Å². The Labute approximate surface area is 272 Å². The predicted molar refractivity (Wildman–Crippen MR) is 178 cm³/mol. The number of hydrogen-bond donors (Lipinski definition) is 6. The van der Waals surface area contributed by atoms with Crippen LogP contribution in [0.1, 0.15) is 52.5 Å². The van der Waals surface area contributed by atoms with E-state index in [2.05, 4.69) is 45.5 Å². The summed E-state index contributed by atoms with van der Waals surface area (Å²) in [6.45, 7) is 8.86. The fourth-order valence-corrected chi connectivity index (χ4v) is 4.85. The van der Waals surface area contributed by atoms with E-state index in [-0.39, 0.29) is 36.3 Å². The maximum atomic E-state index is 12.0. The van der Waals surface area contributed by atoms with Gasteiger partial charge in [0.15, 0.2) is 5.65 Å². The SMILES string of the molecule is CC(C)(C)OC(=O)N1CCC(Nc2cncnc2N)CC1.Cl.Nc1cncnc1N.O=c1[nH]c2ncncc2n1C1CCNCC1. The van der Waals surface area contributed by atoms with Gasteiger partial charge in [0.1, 0.15) is 41.7 Å². The summed E-state index contributed by atoms with van der Waals surface area (Å²) in [5.41, 5.74) is 18.4. The van der Waals surface area contributed by atoms with Crippen LogP contribution in [0.4, 0.5) is 27.8 Å². The number of aromatic nitrogens is 8. The van der Waals surface area contributed by atoms with Crippen molar-refractivity contribution in [2.75, 3.05) is 48.7 Å². The van der Waals surface area contributed by atoms with Crippen LogP contribution in [0.5, 0.6) is 0 Å². The van der Waals surface area contributed by atoms with Crippen molar-refractivity contribution in [1.82, 2.24) is 49.7 Å². The molecule has 2 aliphatic heterocycles. The lowest BCUT2D eigenvalue weighted by molar-refractivity contribution is 0.0210. The Balaban J connectivity index is 0.000000203. The molecule has 2 aliphatic rings. The number of rotatable bonds is 3. The summed E-state index contributed by atoms with van der Waals surface area (Å²) in [4.78, 5) is 51.5. The lowest BCUT2D eigenvalue weighted by Gasteiger charge is -2.34. The lowest BCUT2D eigenvalue weighted by Crippen LogP contribution is -2.44. The second-order valence-electron chi connectivity index (χ2n) is 11.6. The normalized spacial score (nSPS) is 15.4. The Kier molecular flexibility index (Phi) is 12.8. The first-order chi connectivity index (χ1) is 21.5. The molecular formula is C28H43ClN14O3. The molecular weight excluding hydrogens is 616 g/mol. The number of nitrogens with one attached hydrogen (secondary N) is 3. The van der Waals surface area contributed by atoms with E-state index in [4.69, 9.17) is 21.9 Å². The van der Waals surface area contributed by atoms with Crippen molar-refractivity contribution in [2.24, 2.45) is 0 Å². The first-order valence-electron chi connectivity index (χ1n) is 14.7. The highest BCUT2D eigenvalue weighted by Gasteiger charge is 2.27. The zero-order chi connectivity index (χ0) is 32.4. The predicted octanol–water partition coefficient (Wildman–Crippen LogP) is 1.98. The molecule has 2 fully saturated rings. The van der Waals surface area contributed by atoms with Crippen molar-refractivity contribution < 1.29 is 9.53 Å². The van der Waals surface area contributed by atoms with Crippen LogP contribution in [-0.4, -0.2) is 88.3 Å². The van der Waals surface area contributed by atoms with Gasteiger partial charge in [0.2, 0.25) is 0 Å². The molecule has 6 rings (SSSR count). The highest BCUT2D eigenvalue weighted by atomic mass is 35.5. The standard InChI is InChI=1S/C14H23N5O2.C10H13N5O.C4H6N4.ClH/c1-14(2,3)21-13(20)19-6-4-10(5-7-19)18-11-8-16-9-17-12(11)15;16-10-14-9-8(5-12-6-13-9)15(10)7-1-3-11-4-2-7;5-3-1-7-2-8-4(3)6;/h8-10,18H,4-7H2,1-3H3,(H2,15,16,17);5-7,11H,1-4H2,(H,12,13,14,16);1-2H,5H2,(H2,6,7,8);1H. The number of aromatic amines is 1. The number of nitrogens with two attached hydrogens (primary N) is 3. The first-order valence-corrected chi connectivity index (χ1v) is 14.7. The average molecular weight is 659 g/mol.